The number of para-hydroxylation sites is 1. The van der Waals surface area contributed by atoms with Gasteiger partial charge in [0.05, 0.1) is 18.5 Å². The van der Waals surface area contributed by atoms with Crippen LogP contribution in [0.1, 0.15) is 22.2 Å². The summed E-state index contributed by atoms with van der Waals surface area (Å²) in [4.78, 5) is 18.2. The van der Waals surface area contributed by atoms with Crippen LogP contribution in [0, 0.1) is 6.92 Å². The van der Waals surface area contributed by atoms with Crippen molar-refractivity contribution in [2.75, 3.05) is 7.05 Å². The minimum Gasteiger partial charge on any atom is -0.467 e. The van der Waals surface area contributed by atoms with Gasteiger partial charge < -0.3 is 9.32 Å². The molecule has 0 atom stereocenters. The molecule has 0 saturated heterocycles. The van der Waals surface area contributed by atoms with E-state index in [0.717, 1.165) is 11.4 Å². The van der Waals surface area contributed by atoms with E-state index >= 15 is 0 Å². The molecule has 0 saturated carbocycles. The van der Waals surface area contributed by atoms with E-state index in [2.05, 4.69) is 10.1 Å². The second-order valence-electron chi connectivity index (χ2n) is 4.97. The molecule has 0 spiro atoms. The molecule has 112 valence electrons. The SMILES string of the molecule is Cc1nc(C(=O)N(C)Cc2ccco2)nn1-c1ccccc1. The highest BCUT2D eigenvalue weighted by Gasteiger charge is 2.19. The molecule has 0 radical (unpaired) electrons. The van der Waals surface area contributed by atoms with Crippen LogP contribution < -0.4 is 0 Å². The van der Waals surface area contributed by atoms with Crippen LogP contribution in [0.4, 0.5) is 0 Å². The Bertz CT molecular complexity index is 763. The zero-order valence-electron chi connectivity index (χ0n) is 12.4. The summed E-state index contributed by atoms with van der Waals surface area (Å²) in [6, 6.07) is 13.2. The van der Waals surface area contributed by atoms with E-state index in [9.17, 15) is 4.79 Å². The molecule has 0 aliphatic heterocycles. The highest BCUT2D eigenvalue weighted by Crippen LogP contribution is 2.11. The van der Waals surface area contributed by atoms with Gasteiger partial charge in [0, 0.05) is 7.05 Å². The van der Waals surface area contributed by atoms with Crippen LogP contribution in [0.2, 0.25) is 0 Å². The molecule has 0 aliphatic rings. The van der Waals surface area contributed by atoms with Gasteiger partial charge in [-0.15, -0.1) is 5.10 Å². The third-order valence-corrected chi connectivity index (χ3v) is 3.28. The van der Waals surface area contributed by atoms with Crippen LogP contribution in [-0.4, -0.2) is 32.6 Å². The van der Waals surface area contributed by atoms with Crippen molar-refractivity contribution in [1.29, 1.82) is 0 Å². The quantitative estimate of drug-likeness (QED) is 0.742. The van der Waals surface area contributed by atoms with Crippen molar-refractivity contribution in [3.05, 3.63) is 66.1 Å². The second-order valence-corrected chi connectivity index (χ2v) is 4.97. The fraction of sp³-hybridized carbons (Fsp3) is 0.188. The number of aromatic nitrogens is 3. The predicted octanol–water partition coefficient (Wildman–Crippen LogP) is 2.44. The van der Waals surface area contributed by atoms with Crippen LogP contribution >= 0.6 is 0 Å². The summed E-state index contributed by atoms with van der Waals surface area (Å²) in [5.41, 5.74) is 0.875. The molecule has 2 aromatic heterocycles. The van der Waals surface area contributed by atoms with E-state index in [4.69, 9.17) is 4.42 Å². The number of aryl methyl sites for hydroxylation is 1. The average molecular weight is 296 g/mol. The lowest BCUT2D eigenvalue weighted by Gasteiger charge is -2.13. The van der Waals surface area contributed by atoms with Crippen molar-refractivity contribution in [2.24, 2.45) is 0 Å². The van der Waals surface area contributed by atoms with Crippen molar-refractivity contribution in [2.45, 2.75) is 13.5 Å². The third-order valence-electron chi connectivity index (χ3n) is 3.28. The summed E-state index contributed by atoms with van der Waals surface area (Å²) < 4.78 is 6.91. The maximum Gasteiger partial charge on any atom is 0.293 e. The summed E-state index contributed by atoms with van der Waals surface area (Å²) in [5.74, 6) is 1.32. The fourth-order valence-electron chi connectivity index (χ4n) is 2.17. The minimum absolute atomic E-state index is 0.176. The summed E-state index contributed by atoms with van der Waals surface area (Å²) >= 11 is 0. The summed E-state index contributed by atoms with van der Waals surface area (Å²) in [6.07, 6.45) is 1.58. The van der Waals surface area contributed by atoms with Crippen molar-refractivity contribution in [3.63, 3.8) is 0 Å². The van der Waals surface area contributed by atoms with E-state index in [1.165, 1.54) is 4.90 Å². The molecule has 0 N–H and O–H groups in total. The Labute approximate surface area is 128 Å². The van der Waals surface area contributed by atoms with Crippen LogP contribution in [0.5, 0.6) is 0 Å². The lowest BCUT2D eigenvalue weighted by atomic mass is 10.3. The Balaban J connectivity index is 1.82. The van der Waals surface area contributed by atoms with Gasteiger partial charge in [0.1, 0.15) is 11.6 Å². The molecular weight excluding hydrogens is 280 g/mol. The molecular formula is C16H16N4O2. The molecule has 1 amide bonds. The van der Waals surface area contributed by atoms with Gasteiger partial charge in [-0.1, -0.05) is 18.2 Å². The molecule has 1 aromatic carbocycles. The first-order valence-corrected chi connectivity index (χ1v) is 6.92. The lowest BCUT2D eigenvalue weighted by Crippen LogP contribution is -2.27. The van der Waals surface area contributed by atoms with Crippen LogP contribution in [-0.2, 0) is 6.54 Å². The Kier molecular flexibility index (Phi) is 3.74. The molecule has 0 bridgehead atoms. The van der Waals surface area contributed by atoms with Gasteiger partial charge in [0.25, 0.3) is 5.91 Å². The second kappa shape index (κ2) is 5.85. The van der Waals surface area contributed by atoms with Crippen LogP contribution in [0.25, 0.3) is 5.69 Å². The minimum atomic E-state index is -0.241. The number of carbonyl (C=O) groups excluding carboxylic acids is 1. The largest absolute Gasteiger partial charge is 0.467 e. The molecule has 6 nitrogen and oxygen atoms in total. The smallest absolute Gasteiger partial charge is 0.293 e. The van der Waals surface area contributed by atoms with Crippen LogP contribution in [0.15, 0.2) is 53.1 Å². The Hall–Kier alpha value is -2.89. The molecule has 3 rings (SSSR count). The Morgan fingerprint density at radius 2 is 2.00 bits per heavy atom. The number of hydrogen-bond acceptors (Lipinski definition) is 4. The highest BCUT2D eigenvalue weighted by atomic mass is 16.3. The molecule has 0 unspecified atom stereocenters. The van der Waals surface area contributed by atoms with Gasteiger partial charge >= 0.3 is 0 Å². The van der Waals surface area contributed by atoms with Gasteiger partial charge in [0.15, 0.2) is 0 Å². The maximum atomic E-state index is 12.4. The number of hydrogen-bond donors (Lipinski definition) is 0. The fourth-order valence-corrected chi connectivity index (χ4v) is 2.17. The van der Waals surface area contributed by atoms with E-state index in [1.807, 2.05) is 43.3 Å². The highest BCUT2D eigenvalue weighted by molar-refractivity contribution is 5.90. The van der Waals surface area contributed by atoms with Crippen molar-refractivity contribution >= 4 is 5.91 Å². The normalized spacial score (nSPS) is 10.6. The standard InChI is InChI=1S/C16H16N4O2/c1-12-17-15(18-20(12)13-7-4-3-5-8-13)16(21)19(2)11-14-9-6-10-22-14/h3-10H,11H2,1-2H3. The van der Waals surface area contributed by atoms with E-state index in [-0.39, 0.29) is 11.7 Å². The van der Waals surface area contributed by atoms with Crippen molar-refractivity contribution in [3.8, 4) is 5.69 Å². The lowest BCUT2D eigenvalue weighted by molar-refractivity contribution is 0.0763. The summed E-state index contributed by atoms with van der Waals surface area (Å²) in [5, 5.41) is 4.31. The predicted molar refractivity (Wildman–Crippen MR) is 80.6 cm³/mol. The van der Waals surface area contributed by atoms with E-state index in [1.54, 1.807) is 24.1 Å². The summed E-state index contributed by atoms with van der Waals surface area (Å²) in [7, 11) is 1.70. The first-order chi connectivity index (χ1) is 10.6. The van der Waals surface area contributed by atoms with Gasteiger partial charge in [-0.05, 0) is 31.2 Å². The molecule has 6 heteroatoms. The van der Waals surface area contributed by atoms with E-state index in [0.29, 0.717) is 12.4 Å². The van der Waals surface area contributed by atoms with Gasteiger partial charge in [-0.2, -0.15) is 0 Å². The zero-order chi connectivity index (χ0) is 15.5. The number of rotatable bonds is 4. The first-order valence-electron chi connectivity index (χ1n) is 6.92. The average Bonchev–Trinajstić information content (AvgIpc) is 3.17. The van der Waals surface area contributed by atoms with Gasteiger partial charge in [-0.3, -0.25) is 4.79 Å². The number of amides is 1. The topological polar surface area (TPSA) is 64.2 Å². The monoisotopic (exact) mass is 296 g/mol. The molecule has 3 aromatic rings. The molecule has 0 fully saturated rings. The molecule has 22 heavy (non-hydrogen) atoms. The van der Waals surface area contributed by atoms with Gasteiger partial charge in [-0.25, -0.2) is 9.67 Å². The number of carbonyl (C=O) groups is 1. The maximum absolute atomic E-state index is 12.4. The first kappa shape index (κ1) is 14.1. The van der Waals surface area contributed by atoms with Crippen LogP contribution in [0.3, 0.4) is 0 Å². The van der Waals surface area contributed by atoms with Gasteiger partial charge in [0.2, 0.25) is 5.82 Å². The third kappa shape index (κ3) is 2.76. The number of nitrogens with zero attached hydrogens (tertiary/aromatic N) is 4. The molecule has 0 aliphatic carbocycles. The van der Waals surface area contributed by atoms with E-state index < -0.39 is 0 Å². The number of furan rings is 1. The Morgan fingerprint density at radius 1 is 1.23 bits per heavy atom. The number of benzene rings is 1. The zero-order valence-corrected chi connectivity index (χ0v) is 12.4. The molecule has 2 heterocycles. The van der Waals surface area contributed by atoms with Crippen molar-refractivity contribution < 1.29 is 9.21 Å². The Morgan fingerprint density at radius 3 is 2.68 bits per heavy atom. The summed E-state index contributed by atoms with van der Waals surface area (Å²) in [6.45, 7) is 2.20. The van der Waals surface area contributed by atoms with Crippen molar-refractivity contribution in [1.82, 2.24) is 19.7 Å².